The van der Waals surface area contributed by atoms with Crippen LogP contribution in [-0.2, 0) is 9.47 Å². The van der Waals surface area contributed by atoms with Crippen LogP contribution in [-0.4, -0.2) is 42.0 Å². The summed E-state index contributed by atoms with van der Waals surface area (Å²) in [6.07, 6.45) is 0. The van der Waals surface area contributed by atoms with E-state index < -0.39 is 22.8 Å². The van der Waals surface area contributed by atoms with Gasteiger partial charge < -0.3 is 19.2 Å². The lowest BCUT2D eigenvalue weighted by Crippen LogP contribution is -2.17. The summed E-state index contributed by atoms with van der Waals surface area (Å²) in [6, 6.07) is 4.77. The number of aromatic amines is 1. The van der Waals surface area contributed by atoms with Gasteiger partial charge in [-0.15, -0.1) is 0 Å². The lowest BCUT2D eigenvalue weighted by atomic mass is 10.1. The van der Waals surface area contributed by atoms with Crippen LogP contribution in [0.1, 0.15) is 36.9 Å². The zero-order chi connectivity index (χ0) is 19.4. The van der Waals surface area contributed by atoms with Gasteiger partial charge >= 0.3 is 17.9 Å². The Labute approximate surface area is 146 Å². The van der Waals surface area contributed by atoms with Crippen molar-refractivity contribution in [2.75, 3.05) is 14.2 Å². The van der Waals surface area contributed by atoms with Crippen LogP contribution in [0.3, 0.4) is 0 Å². The molecule has 0 aliphatic rings. The molecule has 0 spiro atoms. The molecule has 0 unspecified atom stereocenters. The van der Waals surface area contributed by atoms with Crippen molar-refractivity contribution in [3.63, 3.8) is 0 Å². The maximum Gasteiger partial charge on any atom is 0.361 e. The number of nitrogens with one attached hydrogen (secondary N) is 1. The maximum absolute atomic E-state index is 12.4. The van der Waals surface area contributed by atoms with Gasteiger partial charge in [-0.1, -0.05) is 0 Å². The number of carbonyl (C=O) groups is 3. The van der Waals surface area contributed by atoms with Crippen LogP contribution in [0.25, 0.3) is 0 Å². The van der Waals surface area contributed by atoms with Crippen molar-refractivity contribution in [1.29, 1.82) is 0 Å². The van der Waals surface area contributed by atoms with Crippen LogP contribution in [0.4, 0.5) is 5.69 Å². The van der Waals surface area contributed by atoms with E-state index in [1.165, 1.54) is 19.1 Å². The van der Waals surface area contributed by atoms with Crippen LogP contribution in [0.5, 0.6) is 5.75 Å². The molecule has 10 heteroatoms. The molecule has 1 aromatic heterocycles. The van der Waals surface area contributed by atoms with E-state index in [-0.39, 0.29) is 34.0 Å². The van der Waals surface area contributed by atoms with Crippen LogP contribution < -0.4 is 4.74 Å². The van der Waals surface area contributed by atoms with Gasteiger partial charge in [-0.05, 0) is 19.1 Å². The summed E-state index contributed by atoms with van der Waals surface area (Å²) >= 11 is 0. The number of hydrogen-bond donors (Lipinski definition) is 1. The normalized spacial score (nSPS) is 10.1. The number of aromatic nitrogens is 1. The minimum absolute atomic E-state index is 0.0169. The van der Waals surface area contributed by atoms with E-state index in [0.29, 0.717) is 0 Å². The van der Waals surface area contributed by atoms with E-state index in [0.717, 1.165) is 26.4 Å². The van der Waals surface area contributed by atoms with Crippen molar-refractivity contribution >= 4 is 23.6 Å². The van der Waals surface area contributed by atoms with Gasteiger partial charge in [0.15, 0.2) is 0 Å². The maximum atomic E-state index is 12.4. The van der Waals surface area contributed by atoms with Gasteiger partial charge in [-0.25, -0.2) is 14.4 Å². The molecule has 0 saturated carbocycles. The number of nitrogens with zero attached hydrogens (tertiary/aromatic N) is 1. The predicted octanol–water partition coefficient (Wildman–Crippen LogP) is 2.02. The summed E-state index contributed by atoms with van der Waals surface area (Å²) in [4.78, 5) is 49.0. The van der Waals surface area contributed by atoms with E-state index in [1.807, 2.05) is 0 Å². The molecular formula is C16H14N2O8. The predicted molar refractivity (Wildman–Crippen MR) is 86.3 cm³/mol. The van der Waals surface area contributed by atoms with Gasteiger partial charge in [-0.2, -0.15) is 0 Å². The Morgan fingerprint density at radius 2 is 1.50 bits per heavy atom. The third kappa shape index (κ3) is 3.53. The first-order chi connectivity index (χ1) is 12.3. The van der Waals surface area contributed by atoms with Gasteiger partial charge in [-0.3, -0.25) is 10.1 Å². The number of aryl methyl sites for hydroxylation is 1. The van der Waals surface area contributed by atoms with Crippen LogP contribution in [0.2, 0.25) is 0 Å². The van der Waals surface area contributed by atoms with Crippen molar-refractivity contribution in [3.05, 3.63) is 56.9 Å². The fourth-order valence-corrected chi connectivity index (χ4v) is 2.24. The molecule has 1 aromatic carbocycles. The Morgan fingerprint density at radius 1 is 0.962 bits per heavy atom. The van der Waals surface area contributed by atoms with Crippen molar-refractivity contribution in [2.45, 2.75) is 6.92 Å². The molecule has 0 aliphatic carbocycles. The molecule has 2 aromatic rings. The summed E-state index contributed by atoms with van der Waals surface area (Å²) in [7, 11) is 2.22. The first kappa shape index (κ1) is 18.6. The van der Waals surface area contributed by atoms with Gasteiger partial charge in [0.2, 0.25) is 0 Å². The van der Waals surface area contributed by atoms with E-state index >= 15 is 0 Å². The van der Waals surface area contributed by atoms with Crippen LogP contribution in [0.15, 0.2) is 24.3 Å². The second kappa shape index (κ2) is 7.47. The number of carbonyl (C=O) groups excluding carboxylic acids is 3. The van der Waals surface area contributed by atoms with Crippen molar-refractivity contribution in [1.82, 2.24) is 4.98 Å². The lowest BCUT2D eigenvalue weighted by Gasteiger charge is -2.06. The van der Waals surface area contributed by atoms with Crippen molar-refractivity contribution in [3.8, 4) is 5.75 Å². The highest BCUT2D eigenvalue weighted by Crippen LogP contribution is 2.24. The molecular weight excluding hydrogens is 348 g/mol. The average Bonchev–Trinajstić information content (AvgIpc) is 2.98. The monoisotopic (exact) mass is 362 g/mol. The molecule has 0 amide bonds. The molecule has 0 fully saturated rings. The number of non-ortho nitro benzene ring substituents is 1. The molecule has 10 nitrogen and oxygen atoms in total. The number of ether oxygens (including phenoxy) is 3. The third-order valence-electron chi connectivity index (χ3n) is 3.43. The highest BCUT2D eigenvalue weighted by Gasteiger charge is 2.31. The number of methoxy groups -OCH3 is 2. The molecule has 26 heavy (non-hydrogen) atoms. The SMILES string of the molecule is COC(=O)c1c(C)[nH]c(C(=O)Oc2ccc([N+](=O)[O-])cc2)c1C(=O)OC. The smallest absolute Gasteiger partial charge is 0.361 e. The molecule has 0 bridgehead atoms. The molecule has 1 heterocycles. The summed E-state index contributed by atoms with van der Waals surface area (Å²) in [5.74, 6) is -2.71. The molecule has 0 radical (unpaired) electrons. The Morgan fingerprint density at radius 3 is 2.00 bits per heavy atom. The Kier molecular flexibility index (Phi) is 5.36. The number of hydrogen-bond acceptors (Lipinski definition) is 8. The van der Waals surface area contributed by atoms with Crippen LogP contribution in [0, 0.1) is 17.0 Å². The minimum atomic E-state index is -0.975. The van der Waals surface area contributed by atoms with Gasteiger partial charge in [0, 0.05) is 17.8 Å². The molecule has 1 N–H and O–H groups in total. The molecule has 136 valence electrons. The zero-order valence-electron chi connectivity index (χ0n) is 14.0. The minimum Gasteiger partial charge on any atom is -0.465 e. The van der Waals surface area contributed by atoms with Crippen LogP contribution >= 0.6 is 0 Å². The first-order valence-electron chi connectivity index (χ1n) is 7.16. The van der Waals surface area contributed by atoms with Crippen molar-refractivity contribution < 1.29 is 33.5 Å². The summed E-state index contributed by atoms with van der Waals surface area (Å²) in [5.41, 5.74) is -0.719. The average molecular weight is 362 g/mol. The number of benzene rings is 1. The highest BCUT2D eigenvalue weighted by molar-refractivity contribution is 6.11. The third-order valence-corrected chi connectivity index (χ3v) is 3.43. The standard InChI is InChI=1S/C16H14N2O8/c1-8-11(14(19)24-2)12(15(20)25-3)13(17-8)16(21)26-10-6-4-9(5-7-10)18(22)23/h4-7,17H,1-3H3. The number of rotatable bonds is 5. The Balaban J connectivity index is 2.40. The van der Waals surface area contributed by atoms with Gasteiger partial charge in [0.05, 0.1) is 24.7 Å². The van der Waals surface area contributed by atoms with Gasteiger partial charge in [0.1, 0.15) is 17.0 Å². The fraction of sp³-hybridized carbons (Fsp3) is 0.188. The number of esters is 3. The topological polar surface area (TPSA) is 138 Å². The molecule has 0 saturated heterocycles. The lowest BCUT2D eigenvalue weighted by molar-refractivity contribution is -0.384. The van der Waals surface area contributed by atoms with E-state index in [2.05, 4.69) is 14.5 Å². The van der Waals surface area contributed by atoms with E-state index in [4.69, 9.17) is 4.74 Å². The second-order valence-corrected chi connectivity index (χ2v) is 5.00. The number of nitro benzene ring substituents is 1. The zero-order valence-corrected chi connectivity index (χ0v) is 14.0. The summed E-state index contributed by atoms with van der Waals surface area (Å²) < 4.78 is 14.3. The van der Waals surface area contributed by atoms with Crippen molar-refractivity contribution in [2.24, 2.45) is 0 Å². The Bertz CT molecular complexity index is 882. The van der Waals surface area contributed by atoms with Gasteiger partial charge in [0.25, 0.3) is 5.69 Å². The Hall–Kier alpha value is -3.69. The van der Waals surface area contributed by atoms with E-state index in [1.54, 1.807) is 0 Å². The number of H-pyrrole nitrogens is 1. The highest BCUT2D eigenvalue weighted by atomic mass is 16.6. The summed E-state index contributed by atoms with van der Waals surface area (Å²) in [5, 5.41) is 10.6. The molecule has 0 aliphatic heterocycles. The number of nitro groups is 1. The molecule has 0 atom stereocenters. The summed E-state index contributed by atoms with van der Waals surface area (Å²) in [6.45, 7) is 1.47. The van der Waals surface area contributed by atoms with E-state index in [9.17, 15) is 24.5 Å². The first-order valence-corrected chi connectivity index (χ1v) is 7.16. The largest absolute Gasteiger partial charge is 0.465 e. The molecule has 2 rings (SSSR count). The second-order valence-electron chi connectivity index (χ2n) is 5.00. The quantitative estimate of drug-likeness (QED) is 0.369. The fourth-order valence-electron chi connectivity index (χ4n) is 2.24.